The summed E-state index contributed by atoms with van der Waals surface area (Å²) in [4.78, 5) is 7.49. The molecule has 0 saturated heterocycles. The highest BCUT2D eigenvalue weighted by Gasteiger charge is 2.33. The summed E-state index contributed by atoms with van der Waals surface area (Å²) >= 11 is -1.53. The number of hydrogen-bond acceptors (Lipinski definition) is 3. The summed E-state index contributed by atoms with van der Waals surface area (Å²) in [5.74, 6) is 1.65. The number of imidazole rings is 1. The molecule has 1 fully saturated rings. The topological polar surface area (TPSA) is 55.0 Å². The minimum atomic E-state index is -1.53. The van der Waals surface area contributed by atoms with Gasteiger partial charge in [-0.2, -0.15) is 0 Å². The van der Waals surface area contributed by atoms with Crippen LogP contribution in [0.2, 0.25) is 0 Å². The van der Waals surface area contributed by atoms with Crippen molar-refractivity contribution in [1.82, 2.24) is 9.97 Å². The fourth-order valence-electron chi connectivity index (χ4n) is 3.39. The maximum Gasteiger partial charge on any atom is 0.226 e. The molecule has 3 rings (SSSR count). The molecule has 0 spiro atoms. The van der Waals surface area contributed by atoms with Crippen LogP contribution in [0.3, 0.4) is 0 Å². The lowest BCUT2D eigenvalue weighted by molar-refractivity contribution is 0.0563. The van der Waals surface area contributed by atoms with Crippen molar-refractivity contribution in [2.75, 3.05) is 0 Å². The first kappa shape index (κ1) is 15.7. The van der Waals surface area contributed by atoms with Gasteiger partial charge in [-0.05, 0) is 42.7 Å². The standard InChI is InChI=1S/C17H24N2O2S/c1-11(2)13-9-8-12(3)10-16(13)21-22(20)17-18-14-6-4-5-7-15(14)19-17/h4-7,11-13,16H,8-10H2,1-3H3,(H,18,19). The SMILES string of the molecule is CC1CCC(C(C)C)C(OS(=O)c2nc3ccccc3[nH]2)C1. The molecule has 1 aliphatic rings. The molecule has 1 saturated carbocycles. The van der Waals surface area contributed by atoms with Gasteiger partial charge in [-0.15, -0.1) is 0 Å². The highest BCUT2D eigenvalue weighted by atomic mass is 32.2. The average Bonchev–Trinajstić information content (AvgIpc) is 2.91. The Bertz CT molecular complexity index is 634. The van der Waals surface area contributed by atoms with Gasteiger partial charge in [-0.1, -0.05) is 39.3 Å². The molecule has 5 heteroatoms. The minimum absolute atomic E-state index is 0.0535. The van der Waals surface area contributed by atoms with Crippen LogP contribution in [0.4, 0.5) is 0 Å². The van der Waals surface area contributed by atoms with Gasteiger partial charge in [0.05, 0.1) is 17.1 Å². The van der Waals surface area contributed by atoms with E-state index in [2.05, 4.69) is 30.7 Å². The van der Waals surface area contributed by atoms with Gasteiger partial charge in [0.25, 0.3) is 0 Å². The fourth-order valence-corrected chi connectivity index (χ4v) is 4.29. The van der Waals surface area contributed by atoms with E-state index in [9.17, 15) is 4.21 Å². The molecule has 1 aromatic carbocycles. The lowest BCUT2D eigenvalue weighted by Crippen LogP contribution is -2.34. The predicted octanol–water partition coefficient (Wildman–Crippen LogP) is 4.06. The third kappa shape index (κ3) is 3.25. The molecule has 0 bridgehead atoms. The zero-order valence-corrected chi connectivity index (χ0v) is 14.2. The number of H-pyrrole nitrogens is 1. The normalized spacial score (nSPS) is 27.4. The van der Waals surface area contributed by atoms with Gasteiger partial charge in [0, 0.05) is 0 Å². The van der Waals surface area contributed by atoms with E-state index in [1.807, 2.05) is 24.3 Å². The largest absolute Gasteiger partial charge is 0.329 e. The highest BCUT2D eigenvalue weighted by molar-refractivity contribution is 7.80. The van der Waals surface area contributed by atoms with E-state index < -0.39 is 11.1 Å². The van der Waals surface area contributed by atoms with Crippen molar-refractivity contribution >= 4 is 22.1 Å². The Kier molecular flexibility index (Phi) is 4.64. The van der Waals surface area contributed by atoms with Crippen LogP contribution in [0, 0.1) is 17.8 Å². The van der Waals surface area contributed by atoms with Gasteiger partial charge < -0.3 is 4.98 Å². The van der Waals surface area contributed by atoms with Crippen LogP contribution in [0.25, 0.3) is 11.0 Å². The van der Waals surface area contributed by atoms with Crippen LogP contribution < -0.4 is 0 Å². The van der Waals surface area contributed by atoms with Gasteiger partial charge in [-0.3, -0.25) is 4.18 Å². The molecule has 1 N–H and O–H groups in total. The first-order valence-corrected chi connectivity index (χ1v) is 9.15. The molecular weight excluding hydrogens is 296 g/mol. The number of benzene rings is 1. The first-order chi connectivity index (χ1) is 10.5. The number of aromatic nitrogens is 2. The Balaban J connectivity index is 1.76. The van der Waals surface area contributed by atoms with Crippen molar-refractivity contribution in [3.05, 3.63) is 24.3 Å². The third-order valence-corrected chi connectivity index (χ3v) is 5.63. The van der Waals surface area contributed by atoms with Gasteiger partial charge in [-0.25, -0.2) is 9.19 Å². The molecule has 22 heavy (non-hydrogen) atoms. The molecule has 0 aliphatic heterocycles. The van der Waals surface area contributed by atoms with E-state index in [-0.39, 0.29) is 6.10 Å². The van der Waals surface area contributed by atoms with Gasteiger partial charge in [0.1, 0.15) is 0 Å². The molecule has 0 radical (unpaired) electrons. The minimum Gasteiger partial charge on any atom is -0.329 e. The summed E-state index contributed by atoms with van der Waals surface area (Å²) in [6.45, 7) is 6.69. The van der Waals surface area contributed by atoms with Gasteiger partial charge in [0.15, 0.2) is 0 Å². The highest BCUT2D eigenvalue weighted by Crippen LogP contribution is 2.36. The summed E-state index contributed by atoms with van der Waals surface area (Å²) in [5, 5.41) is 0.418. The average molecular weight is 320 g/mol. The van der Waals surface area contributed by atoms with E-state index in [1.165, 1.54) is 6.42 Å². The van der Waals surface area contributed by atoms with Crippen molar-refractivity contribution in [2.45, 2.75) is 51.3 Å². The second-order valence-corrected chi connectivity index (χ2v) is 7.80. The Morgan fingerprint density at radius 1 is 1.32 bits per heavy atom. The zero-order valence-electron chi connectivity index (χ0n) is 13.4. The number of aromatic amines is 1. The maximum atomic E-state index is 12.6. The molecule has 4 unspecified atom stereocenters. The summed E-state index contributed by atoms with van der Waals surface area (Å²) in [7, 11) is 0. The lowest BCUT2D eigenvalue weighted by atomic mass is 9.75. The van der Waals surface area contributed by atoms with Crippen molar-refractivity contribution in [2.24, 2.45) is 17.8 Å². The Labute approximate surface area is 134 Å². The van der Waals surface area contributed by atoms with E-state index in [4.69, 9.17) is 4.18 Å². The molecular formula is C17H24N2O2S. The number of nitrogens with zero attached hydrogens (tertiary/aromatic N) is 1. The van der Waals surface area contributed by atoms with Crippen molar-refractivity contribution < 1.29 is 8.39 Å². The van der Waals surface area contributed by atoms with Crippen LogP contribution in [-0.4, -0.2) is 20.3 Å². The zero-order chi connectivity index (χ0) is 15.7. The number of hydrogen-bond donors (Lipinski definition) is 1. The van der Waals surface area contributed by atoms with Crippen molar-refractivity contribution in [3.63, 3.8) is 0 Å². The lowest BCUT2D eigenvalue weighted by Gasteiger charge is -2.36. The molecule has 1 aliphatic carbocycles. The molecule has 2 aromatic rings. The van der Waals surface area contributed by atoms with E-state index >= 15 is 0 Å². The Morgan fingerprint density at radius 2 is 2.09 bits per heavy atom. The molecule has 0 amide bonds. The number of nitrogens with one attached hydrogen (secondary N) is 1. The molecule has 4 nitrogen and oxygen atoms in total. The summed E-state index contributed by atoms with van der Waals surface area (Å²) < 4.78 is 18.5. The third-order valence-electron chi connectivity index (χ3n) is 4.70. The summed E-state index contributed by atoms with van der Waals surface area (Å²) in [5.41, 5.74) is 1.72. The summed E-state index contributed by atoms with van der Waals surface area (Å²) in [6.07, 6.45) is 3.42. The first-order valence-electron chi connectivity index (χ1n) is 8.08. The monoisotopic (exact) mass is 320 g/mol. The van der Waals surface area contributed by atoms with Crippen LogP contribution in [-0.2, 0) is 15.3 Å². The Morgan fingerprint density at radius 3 is 2.82 bits per heavy atom. The number of para-hydroxylation sites is 2. The predicted molar refractivity (Wildman–Crippen MR) is 88.7 cm³/mol. The smallest absolute Gasteiger partial charge is 0.226 e. The molecule has 4 atom stereocenters. The second kappa shape index (κ2) is 6.50. The van der Waals surface area contributed by atoms with E-state index in [0.29, 0.717) is 22.9 Å². The van der Waals surface area contributed by atoms with E-state index in [1.54, 1.807) is 0 Å². The fraction of sp³-hybridized carbons (Fsp3) is 0.588. The Hall–Kier alpha value is -1.20. The van der Waals surface area contributed by atoms with Crippen LogP contribution in [0.1, 0.15) is 40.0 Å². The molecule has 1 aromatic heterocycles. The maximum absolute atomic E-state index is 12.6. The van der Waals surface area contributed by atoms with Crippen molar-refractivity contribution in [3.8, 4) is 0 Å². The number of fused-ring (bicyclic) bond motifs is 1. The van der Waals surface area contributed by atoms with Gasteiger partial charge in [0.2, 0.25) is 16.2 Å². The van der Waals surface area contributed by atoms with Crippen LogP contribution >= 0.6 is 0 Å². The quantitative estimate of drug-likeness (QED) is 0.924. The van der Waals surface area contributed by atoms with Crippen LogP contribution in [0.5, 0.6) is 0 Å². The summed E-state index contributed by atoms with van der Waals surface area (Å²) in [6, 6.07) is 7.70. The second-order valence-electron chi connectivity index (χ2n) is 6.75. The van der Waals surface area contributed by atoms with Crippen molar-refractivity contribution in [1.29, 1.82) is 0 Å². The van der Waals surface area contributed by atoms with E-state index in [0.717, 1.165) is 23.9 Å². The van der Waals surface area contributed by atoms with Gasteiger partial charge >= 0.3 is 0 Å². The van der Waals surface area contributed by atoms with Crippen LogP contribution in [0.15, 0.2) is 29.4 Å². The molecule has 1 heterocycles. The molecule has 120 valence electrons. The number of rotatable bonds is 4.